The van der Waals surface area contributed by atoms with Crippen LogP contribution in [0.25, 0.3) is 0 Å². The fourth-order valence-electron chi connectivity index (χ4n) is 3.23. The molecule has 134 valence electrons. The van der Waals surface area contributed by atoms with Gasteiger partial charge in [-0.05, 0) is 36.8 Å². The zero-order valence-electron chi connectivity index (χ0n) is 14.9. The van der Waals surface area contributed by atoms with Gasteiger partial charge in [0.1, 0.15) is 0 Å². The molecule has 0 aromatic heterocycles. The Morgan fingerprint density at radius 2 is 1.68 bits per heavy atom. The first-order chi connectivity index (χ1) is 12.3. The summed E-state index contributed by atoms with van der Waals surface area (Å²) in [7, 11) is 3.21. The van der Waals surface area contributed by atoms with Gasteiger partial charge in [0, 0.05) is 26.4 Å². The van der Waals surface area contributed by atoms with Crippen LogP contribution in [0.15, 0.2) is 54.6 Å². The summed E-state index contributed by atoms with van der Waals surface area (Å²) >= 11 is 0. The molecular weight excluding hydrogens is 316 g/mol. The second kappa shape index (κ2) is 8.59. The van der Waals surface area contributed by atoms with Gasteiger partial charge in [0.2, 0.25) is 0 Å². The summed E-state index contributed by atoms with van der Waals surface area (Å²) in [5, 5.41) is 0. The van der Waals surface area contributed by atoms with Gasteiger partial charge in [-0.15, -0.1) is 0 Å². The average Bonchev–Trinajstić information content (AvgIpc) is 2.68. The molecule has 1 heterocycles. The first-order valence-corrected chi connectivity index (χ1v) is 8.79. The lowest BCUT2D eigenvalue weighted by Crippen LogP contribution is -2.40. The molecule has 1 aliphatic heterocycles. The Balaban J connectivity index is 1.90. The van der Waals surface area contributed by atoms with Gasteiger partial charge in [0.25, 0.3) is 0 Å². The lowest BCUT2D eigenvalue weighted by molar-refractivity contribution is -0.419. The molecule has 1 fully saturated rings. The van der Waals surface area contributed by atoms with Gasteiger partial charge in [-0.1, -0.05) is 54.6 Å². The van der Waals surface area contributed by atoms with E-state index in [0.29, 0.717) is 6.61 Å². The molecule has 2 aromatic rings. The molecule has 3 rings (SSSR count). The highest BCUT2D eigenvalue weighted by molar-refractivity contribution is 5.34. The first kappa shape index (κ1) is 18.1. The van der Waals surface area contributed by atoms with Gasteiger partial charge in [0.05, 0.1) is 0 Å². The minimum atomic E-state index is -1.27. The maximum atomic E-state index is 6.18. The minimum absolute atomic E-state index is 0.321. The Kier molecular flexibility index (Phi) is 6.21. The van der Waals surface area contributed by atoms with Crippen LogP contribution in [0.4, 0.5) is 0 Å². The fraction of sp³-hybridized carbons (Fsp3) is 0.429. The number of rotatable bonds is 7. The summed E-state index contributed by atoms with van der Waals surface area (Å²) in [6.45, 7) is 0.708. The molecule has 0 saturated carbocycles. The van der Waals surface area contributed by atoms with Crippen LogP contribution < -0.4 is 0 Å². The lowest BCUT2D eigenvalue weighted by atomic mass is 9.98. The third-order valence-electron chi connectivity index (χ3n) is 4.55. The second-order valence-corrected chi connectivity index (χ2v) is 6.20. The van der Waals surface area contributed by atoms with Gasteiger partial charge >= 0.3 is 5.97 Å². The second-order valence-electron chi connectivity index (χ2n) is 6.20. The van der Waals surface area contributed by atoms with Crippen LogP contribution >= 0.6 is 0 Å². The van der Waals surface area contributed by atoms with Crippen molar-refractivity contribution < 1.29 is 18.9 Å². The topological polar surface area (TPSA) is 36.9 Å². The summed E-state index contributed by atoms with van der Waals surface area (Å²) in [4.78, 5) is 0. The number of hydrogen-bond donors (Lipinski definition) is 0. The largest absolute Gasteiger partial charge is 0.352 e. The number of hydrogen-bond acceptors (Lipinski definition) is 4. The quantitative estimate of drug-likeness (QED) is 0.706. The van der Waals surface area contributed by atoms with E-state index in [-0.39, 0.29) is 6.29 Å². The minimum Gasteiger partial charge on any atom is -0.352 e. The third kappa shape index (κ3) is 4.28. The van der Waals surface area contributed by atoms with E-state index in [9.17, 15) is 0 Å². The molecule has 2 aromatic carbocycles. The summed E-state index contributed by atoms with van der Waals surface area (Å²) in [5.74, 6) is -1.27. The zero-order valence-corrected chi connectivity index (χ0v) is 14.9. The molecule has 1 saturated heterocycles. The molecule has 0 aliphatic carbocycles. The molecule has 0 bridgehead atoms. The van der Waals surface area contributed by atoms with Crippen molar-refractivity contribution in [1.29, 1.82) is 0 Å². The fourth-order valence-corrected chi connectivity index (χ4v) is 3.23. The van der Waals surface area contributed by atoms with Gasteiger partial charge in [0.15, 0.2) is 6.29 Å². The Morgan fingerprint density at radius 1 is 0.960 bits per heavy atom. The highest BCUT2D eigenvalue weighted by atomic mass is 16.9. The third-order valence-corrected chi connectivity index (χ3v) is 4.55. The van der Waals surface area contributed by atoms with E-state index in [4.69, 9.17) is 18.9 Å². The summed E-state index contributed by atoms with van der Waals surface area (Å²) in [6.07, 6.45) is 3.45. The van der Waals surface area contributed by atoms with Crippen LogP contribution in [0, 0.1) is 0 Å². The van der Waals surface area contributed by atoms with Crippen LogP contribution in [0.2, 0.25) is 0 Å². The maximum Gasteiger partial charge on any atom is 0.313 e. The highest BCUT2D eigenvalue weighted by Gasteiger charge is 2.39. The molecule has 1 aliphatic rings. The molecule has 0 radical (unpaired) electrons. The standard InChI is InChI=1S/C21H26O4/c1-22-21(23-2,25-20-14-8-9-15-24-20)19-13-7-6-12-18(19)16-17-10-4-3-5-11-17/h3-7,10-13,20H,8-9,14-16H2,1-2H3. The van der Waals surface area contributed by atoms with Crippen LogP contribution in [0.1, 0.15) is 36.0 Å². The van der Waals surface area contributed by atoms with E-state index >= 15 is 0 Å². The van der Waals surface area contributed by atoms with Gasteiger partial charge < -0.3 is 14.2 Å². The summed E-state index contributed by atoms with van der Waals surface area (Å²) in [6, 6.07) is 18.4. The van der Waals surface area contributed by atoms with Gasteiger partial charge in [-0.3, -0.25) is 4.74 Å². The summed E-state index contributed by atoms with van der Waals surface area (Å²) < 4.78 is 23.4. The number of methoxy groups -OCH3 is 2. The van der Waals surface area contributed by atoms with Crippen LogP contribution in [0.3, 0.4) is 0 Å². The molecular formula is C21H26O4. The Hall–Kier alpha value is -1.72. The van der Waals surface area contributed by atoms with Gasteiger partial charge in [-0.25, -0.2) is 0 Å². The van der Waals surface area contributed by atoms with Crippen molar-refractivity contribution in [2.75, 3.05) is 20.8 Å². The molecule has 1 unspecified atom stereocenters. The number of benzene rings is 2. The monoisotopic (exact) mass is 342 g/mol. The average molecular weight is 342 g/mol. The molecule has 0 spiro atoms. The van der Waals surface area contributed by atoms with Crippen molar-refractivity contribution in [3.8, 4) is 0 Å². The van der Waals surface area contributed by atoms with Crippen LogP contribution in [-0.4, -0.2) is 27.1 Å². The van der Waals surface area contributed by atoms with Crippen molar-refractivity contribution in [1.82, 2.24) is 0 Å². The van der Waals surface area contributed by atoms with Gasteiger partial charge in [-0.2, -0.15) is 0 Å². The van der Waals surface area contributed by atoms with E-state index in [0.717, 1.165) is 36.8 Å². The SMILES string of the molecule is COC(OC)(OC1CCCCO1)c1ccccc1Cc1ccccc1. The van der Waals surface area contributed by atoms with Crippen molar-refractivity contribution in [2.24, 2.45) is 0 Å². The normalized spacial score (nSPS) is 18.2. The lowest BCUT2D eigenvalue weighted by Gasteiger charge is -2.36. The van der Waals surface area contributed by atoms with Crippen LogP contribution in [0.5, 0.6) is 0 Å². The molecule has 0 amide bonds. The van der Waals surface area contributed by atoms with E-state index < -0.39 is 5.97 Å². The molecule has 1 atom stereocenters. The molecule has 0 N–H and O–H groups in total. The van der Waals surface area contributed by atoms with E-state index in [1.807, 2.05) is 36.4 Å². The molecule has 4 heteroatoms. The predicted molar refractivity (Wildman–Crippen MR) is 96.1 cm³/mol. The molecule has 25 heavy (non-hydrogen) atoms. The highest BCUT2D eigenvalue weighted by Crippen LogP contribution is 2.34. The summed E-state index contributed by atoms with van der Waals surface area (Å²) in [5.41, 5.74) is 3.20. The molecule has 4 nitrogen and oxygen atoms in total. The first-order valence-electron chi connectivity index (χ1n) is 8.79. The Labute approximate surface area is 149 Å². The van der Waals surface area contributed by atoms with E-state index in [1.165, 1.54) is 5.56 Å². The van der Waals surface area contributed by atoms with E-state index in [1.54, 1.807) is 14.2 Å². The number of ether oxygens (including phenoxy) is 4. The van der Waals surface area contributed by atoms with E-state index in [2.05, 4.69) is 18.2 Å². The Morgan fingerprint density at radius 3 is 2.36 bits per heavy atom. The van der Waals surface area contributed by atoms with Crippen molar-refractivity contribution in [3.05, 3.63) is 71.3 Å². The zero-order chi connectivity index (χ0) is 17.5. The Bertz CT molecular complexity index is 646. The van der Waals surface area contributed by atoms with Crippen molar-refractivity contribution >= 4 is 0 Å². The predicted octanol–water partition coefficient (Wildman–Crippen LogP) is 4.22. The van der Waals surface area contributed by atoms with Crippen LogP contribution in [-0.2, 0) is 31.3 Å². The van der Waals surface area contributed by atoms with Crippen molar-refractivity contribution in [2.45, 2.75) is 37.9 Å². The maximum absolute atomic E-state index is 6.18. The van der Waals surface area contributed by atoms with Crippen molar-refractivity contribution in [3.63, 3.8) is 0 Å². The smallest absolute Gasteiger partial charge is 0.313 e.